The van der Waals surface area contributed by atoms with Gasteiger partial charge < -0.3 is 0 Å². The largest absolute Gasteiger partial charge is 0.288 e. The summed E-state index contributed by atoms with van der Waals surface area (Å²) >= 11 is 2.90. The first-order valence-corrected chi connectivity index (χ1v) is 9.56. The molecule has 0 N–H and O–H groups in total. The van der Waals surface area contributed by atoms with Gasteiger partial charge in [0.1, 0.15) is 0 Å². The van der Waals surface area contributed by atoms with Crippen LogP contribution in [0.4, 0.5) is 0 Å². The molecular weight excluding hydrogens is 288 g/mol. The SMILES string of the molecule is [CH2]C[C@H]1CC[C@@H](CCSC(C)=O)[C@@H](CCSC(C)=O)C1. The van der Waals surface area contributed by atoms with E-state index in [4.69, 9.17) is 0 Å². The van der Waals surface area contributed by atoms with Gasteiger partial charge in [0.05, 0.1) is 0 Å². The van der Waals surface area contributed by atoms with Crippen LogP contribution in [0.25, 0.3) is 0 Å². The maximum atomic E-state index is 11.0. The van der Waals surface area contributed by atoms with Crippen LogP contribution in [0.5, 0.6) is 0 Å². The van der Waals surface area contributed by atoms with E-state index >= 15 is 0 Å². The summed E-state index contributed by atoms with van der Waals surface area (Å²) in [4.78, 5) is 22.1. The lowest BCUT2D eigenvalue weighted by atomic mass is 9.71. The summed E-state index contributed by atoms with van der Waals surface area (Å²) in [5, 5.41) is 0.443. The third kappa shape index (κ3) is 7.16. The highest BCUT2D eigenvalue weighted by Gasteiger charge is 2.29. The van der Waals surface area contributed by atoms with Crippen LogP contribution in [-0.2, 0) is 9.59 Å². The molecule has 0 heterocycles. The minimum absolute atomic E-state index is 0.221. The van der Waals surface area contributed by atoms with E-state index in [0.29, 0.717) is 0 Å². The summed E-state index contributed by atoms with van der Waals surface area (Å²) in [6, 6.07) is 0. The van der Waals surface area contributed by atoms with Gasteiger partial charge in [-0.1, -0.05) is 43.3 Å². The fraction of sp³-hybridized carbons (Fsp3) is 0.812. The molecule has 0 aromatic heterocycles. The van der Waals surface area contributed by atoms with E-state index in [1.165, 1.54) is 42.8 Å². The van der Waals surface area contributed by atoms with Gasteiger partial charge in [0.25, 0.3) is 0 Å². The first-order valence-electron chi connectivity index (χ1n) is 7.58. The number of carbonyl (C=O) groups excluding carboxylic acids is 2. The zero-order valence-electron chi connectivity index (χ0n) is 12.7. The average molecular weight is 316 g/mol. The molecule has 0 aromatic rings. The second-order valence-corrected chi connectivity index (χ2v) is 8.29. The van der Waals surface area contributed by atoms with E-state index < -0.39 is 0 Å². The van der Waals surface area contributed by atoms with Gasteiger partial charge >= 0.3 is 0 Å². The Labute approximate surface area is 132 Å². The fourth-order valence-electron chi connectivity index (χ4n) is 3.13. The van der Waals surface area contributed by atoms with E-state index in [-0.39, 0.29) is 10.2 Å². The highest BCUT2D eigenvalue weighted by Crippen LogP contribution is 2.40. The van der Waals surface area contributed by atoms with Crippen LogP contribution in [0.15, 0.2) is 0 Å². The summed E-state index contributed by atoms with van der Waals surface area (Å²) < 4.78 is 0. The van der Waals surface area contributed by atoms with Crippen molar-refractivity contribution >= 4 is 33.8 Å². The highest BCUT2D eigenvalue weighted by molar-refractivity contribution is 8.13. The van der Waals surface area contributed by atoms with Gasteiger partial charge in [-0.15, -0.1) is 0 Å². The molecule has 2 nitrogen and oxygen atoms in total. The van der Waals surface area contributed by atoms with Crippen molar-refractivity contribution < 1.29 is 9.59 Å². The molecule has 0 bridgehead atoms. The minimum atomic E-state index is 0.221. The molecule has 115 valence electrons. The van der Waals surface area contributed by atoms with E-state index in [1.54, 1.807) is 13.8 Å². The lowest BCUT2D eigenvalue weighted by Gasteiger charge is -2.36. The van der Waals surface area contributed by atoms with Crippen LogP contribution in [0.1, 0.15) is 52.4 Å². The van der Waals surface area contributed by atoms with Crippen molar-refractivity contribution in [2.45, 2.75) is 52.4 Å². The second kappa shape index (κ2) is 9.88. The Morgan fingerprint density at radius 2 is 1.55 bits per heavy atom. The molecule has 0 aromatic carbocycles. The van der Waals surface area contributed by atoms with Crippen molar-refractivity contribution in [1.82, 2.24) is 0 Å². The quantitative estimate of drug-likeness (QED) is 0.688. The summed E-state index contributed by atoms with van der Waals surface area (Å²) in [5.41, 5.74) is 0. The molecule has 0 aliphatic heterocycles. The van der Waals surface area contributed by atoms with Gasteiger partial charge in [-0.05, 0) is 43.4 Å². The molecule has 1 rings (SSSR count). The predicted octanol–water partition coefficient (Wildman–Crippen LogP) is 4.58. The highest BCUT2D eigenvalue weighted by atomic mass is 32.2. The van der Waals surface area contributed by atoms with Gasteiger partial charge in [0.2, 0.25) is 0 Å². The Morgan fingerprint density at radius 1 is 1.00 bits per heavy atom. The topological polar surface area (TPSA) is 34.1 Å². The smallest absolute Gasteiger partial charge is 0.185 e. The third-order valence-corrected chi connectivity index (χ3v) is 5.94. The summed E-state index contributed by atoms with van der Waals surface area (Å²) in [6.45, 7) is 7.34. The van der Waals surface area contributed by atoms with Crippen molar-refractivity contribution in [1.29, 1.82) is 0 Å². The van der Waals surface area contributed by atoms with Crippen LogP contribution in [0.2, 0.25) is 0 Å². The first kappa shape index (κ1) is 18.1. The first-order chi connectivity index (χ1) is 9.52. The number of thioether (sulfide) groups is 2. The molecule has 1 saturated carbocycles. The number of rotatable bonds is 7. The molecule has 1 aliphatic carbocycles. The Balaban J connectivity index is 2.41. The van der Waals surface area contributed by atoms with E-state index in [9.17, 15) is 9.59 Å². The standard InChI is InChI=1S/C16H27O2S2/c1-4-14-5-6-15(7-9-19-12(2)17)16(11-14)8-10-20-13(3)18/h14-16H,1,4-11H2,2-3H3/t14-,15-,16-/m0/s1. The Kier molecular flexibility index (Phi) is 8.94. The molecule has 0 saturated heterocycles. The van der Waals surface area contributed by atoms with Crippen molar-refractivity contribution in [3.05, 3.63) is 6.92 Å². The number of hydrogen-bond acceptors (Lipinski definition) is 4. The lowest BCUT2D eigenvalue weighted by Crippen LogP contribution is -2.26. The van der Waals surface area contributed by atoms with E-state index in [0.717, 1.165) is 48.5 Å². The average Bonchev–Trinajstić information content (AvgIpc) is 2.39. The molecule has 1 aliphatic rings. The van der Waals surface area contributed by atoms with Crippen LogP contribution >= 0.6 is 23.5 Å². The Hall–Kier alpha value is 0.0400. The molecule has 20 heavy (non-hydrogen) atoms. The molecule has 0 spiro atoms. The zero-order valence-corrected chi connectivity index (χ0v) is 14.4. The summed E-state index contributed by atoms with van der Waals surface area (Å²) in [7, 11) is 0. The van der Waals surface area contributed by atoms with Crippen molar-refractivity contribution in [2.75, 3.05) is 11.5 Å². The summed E-state index contributed by atoms with van der Waals surface area (Å²) in [5.74, 6) is 4.11. The lowest BCUT2D eigenvalue weighted by molar-refractivity contribution is -0.109. The minimum Gasteiger partial charge on any atom is -0.288 e. The predicted molar refractivity (Wildman–Crippen MR) is 89.8 cm³/mol. The van der Waals surface area contributed by atoms with Crippen molar-refractivity contribution in [3.63, 3.8) is 0 Å². The zero-order chi connectivity index (χ0) is 15.0. The summed E-state index contributed by atoms with van der Waals surface area (Å²) in [6.07, 6.45) is 7.13. The maximum Gasteiger partial charge on any atom is 0.185 e. The monoisotopic (exact) mass is 315 g/mol. The second-order valence-electron chi connectivity index (χ2n) is 5.75. The van der Waals surface area contributed by atoms with E-state index in [2.05, 4.69) is 6.92 Å². The van der Waals surface area contributed by atoms with Gasteiger partial charge in [-0.3, -0.25) is 9.59 Å². The number of hydrogen-bond donors (Lipinski definition) is 0. The van der Waals surface area contributed by atoms with Crippen molar-refractivity contribution in [3.8, 4) is 0 Å². The van der Waals surface area contributed by atoms with Crippen LogP contribution < -0.4 is 0 Å². The van der Waals surface area contributed by atoms with Gasteiger partial charge in [-0.25, -0.2) is 0 Å². The molecule has 4 heteroatoms. The van der Waals surface area contributed by atoms with Gasteiger partial charge in [-0.2, -0.15) is 0 Å². The normalized spacial score (nSPS) is 26.4. The Bertz CT molecular complexity index is 318. The molecule has 0 unspecified atom stereocenters. The van der Waals surface area contributed by atoms with Crippen molar-refractivity contribution in [2.24, 2.45) is 17.8 Å². The van der Waals surface area contributed by atoms with E-state index in [1.807, 2.05) is 0 Å². The molecule has 1 radical (unpaired) electrons. The van der Waals surface area contributed by atoms with Gasteiger partial charge in [0, 0.05) is 25.4 Å². The Morgan fingerprint density at radius 3 is 2.05 bits per heavy atom. The number of carbonyl (C=O) groups is 2. The third-order valence-electron chi connectivity index (χ3n) is 4.24. The van der Waals surface area contributed by atoms with Crippen LogP contribution in [0, 0.1) is 24.7 Å². The molecular formula is C16H27O2S2. The molecule has 0 amide bonds. The van der Waals surface area contributed by atoms with Gasteiger partial charge in [0.15, 0.2) is 10.2 Å². The fourth-order valence-corrected chi connectivity index (χ4v) is 4.54. The van der Waals surface area contributed by atoms with Crippen LogP contribution in [-0.4, -0.2) is 21.7 Å². The molecule has 1 fully saturated rings. The maximum absolute atomic E-state index is 11.0. The molecule has 3 atom stereocenters. The van der Waals surface area contributed by atoms with Crippen LogP contribution in [0.3, 0.4) is 0 Å².